The number of carbonyl (C=O) groups is 1. The molecule has 0 saturated heterocycles. The van der Waals surface area contributed by atoms with Gasteiger partial charge in [-0.1, -0.05) is 20.8 Å². The monoisotopic (exact) mass is 227 g/mol. The van der Waals surface area contributed by atoms with Crippen LogP contribution < -0.4 is 0 Å². The van der Waals surface area contributed by atoms with Gasteiger partial charge < -0.3 is 10.0 Å². The van der Waals surface area contributed by atoms with Gasteiger partial charge in [0.25, 0.3) is 0 Å². The molecule has 0 aliphatic heterocycles. The maximum Gasteiger partial charge on any atom is 0.142 e. The summed E-state index contributed by atoms with van der Waals surface area (Å²) in [5, 5.41) is 8.98. The fourth-order valence-corrected chi connectivity index (χ4v) is 2.58. The summed E-state index contributed by atoms with van der Waals surface area (Å²) in [4.78, 5) is 14.3. The van der Waals surface area contributed by atoms with Gasteiger partial charge in [-0.3, -0.25) is 4.79 Å². The lowest BCUT2D eigenvalue weighted by Crippen LogP contribution is -2.35. The third kappa shape index (κ3) is 3.29. The van der Waals surface area contributed by atoms with Gasteiger partial charge in [0, 0.05) is 24.4 Å². The van der Waals surface area contributed by atoms with Gasteiger partial charge in [0.2, 0.25) is 0 Å². The molecule has 1 rings (SSSR count). The highest BCUT2D eigenvalue weighted by Crippen LogP contribution is 2.37. The van der Waals surface area contributed by atoms with E-state index in [-0.39, 0.29) is 17.9 Å². The Morgan fingerprint density at radius 2 is 2.12 bits per heavy atom. The Bertz CT molecular complexity index is 232. The second-order valence-electron chi connectivity index (χ2n) is 5.51. The predicted octanol–water partition coefficient (Wildman–Crippen LogP) is 1.70. The van der Waals surface area contributed by atoms with Crippen molar-refractivity contribution in [1.82, 2.24) is 4.90 Å². The van der Waals surface area contributed by atoms with Crippen LogP contribution in [0.15, 0.2) is 0 Å². The Hall–Kier alpha value is -0.410. The maximum atomic E-state index is 12.1. The molecule has 0 aromatic heterocycles. The third-order valence-corrected chi connectivity index (χ3v) is 3.59. The molecule has 0 radical (unpaired) electrons. The highest BCUT2D eigenvalue weighted by atomic mass is 16.3. The summed E-state index contributed by atoms with van der Waals surface area (Å²) < 4.78 is 0. The fraction of sp³-hybridized carbons (Fsp3) is 0.923. The summed E-state index contributed by atoms with van der Waals surface area (Å²) in [6, 6.07) is 0. The molecule has 0 bridgehead atoms. The van der Waals surface area contributed by atoms with Crippen LogP contribution in [0.4, 0.5) is 0 Å². The lowest BCUT2D eigenvalue weighted by Gasteiger charge is -2.24. The first-order valence-corrected chi connectivity index (χ1v) is 6.38. The van der Waals surface area contributed by atoms with E-state index in [2.05, 4.69) is 11.8 Å². The van der Waals surface area contributed by atoms with Gasteiger partial charge in [-0.05, 0) is 25.8 Å². The topological polar surface area (TPSA) is 40.5 Å². The van der Waals surface area contributed by atoms with E-state index < -0.39 is 0 Å². The highest BCUT2D eigenvalue weighted by Gasteiger charge is 2.40. The molecule has 3 heteroatoms. The van der Waals surface area contributed by atoms with E-state index in [1.807, 2.05) is 13.8 Å². The molecule has 3 nitrogen and oxygen atoms in total. The van der Waals surface area contributed by atoms with Crippen LogP contribution in [0.1, 0.15) is 40.0 Å². The van der Waals surface area contributed by atoms with Crippen molar-refractivity contribution in [1.29, 1.82) is 0 Å². The van der Waals surface area contributed by atoms with Gasteiger partial charge in [-0.15, -0.1) is 0 Å². The van der Waals surface area contributed by atoms with Gasteiger partial charge in [-0.2, -0.15) is 0 Å². The number of ketones is 1. The molecule has 1 aliphatic rings. The minimum atomic E-state index is -0.123. The SMILES string of the molecule is CCCN(CCO)CC1CCC(C)(C)C1=O. The number of aliphatic hydroxyl groups is 1. The van der Waals surface area contributed by atoms with Crippen molar-refractivity contribution in [3.05, 3.63) is 0 Å². The Kier molecular flexibility index (Phi) is 4.93. The molecule has 16 heavy (non-hydrogen) atoms. The van der Waals surface area contributed by atoms with Crippen LogP contribution in [0.2, 0.25) is 0 Å². The predicted molar refractivity (Wildman–Crippen MR) is 65.3 cm³/mol. The van der Waals surface area contributed by atoms with Crippen LogP contribution in [-0.2, 0) is 4.79 Å². The molecule has 0 aromatic carbocycles. The van der Waals surface area contributed by atoms with Crippen molar-refractivity contribution >= 4 is 5.78 Å². The Labute approximate surface area is 98.8 Å². The Balaban J connectivity index is 2.49. The van der Waals surface area contributed by atoms with Crippen LogP contribution in [0.3, 0.4) is 0 Å². The largest absolute Gasteiger partial charge is 0.395 e. The van der Waals surface area contributed by atoms with Crippen molar-refractivity contribution in [2.45, 2.75) is 40.0 Å². The second-order valence-corrected chi connectivity index (χ2v) is 5.51. The zero-order valence-corrected chi connectivity index (χ0v) is 10.8. The first-order valence-electron chi connectivity index (χ1n) is 6.38. The third-order valence-electron chi connectivity index (χ3n) is 3.59. The number of nitrogens with zero attached hydrogens (tertiary/aromatic N) is 1. The molecule has 1 N–H and O–H groups in total. The average molecular weight is 227 g/mol. The molecule has 1 atom stereocenters. The van der Waals surface area contributed by atoms with E-state index >= 15 is 0 Å². The van der Waals surface area contributed by atoms with Gasteiger partial charge in [0.1, 0.15) is 5.78 Å². The summed E-state index contributed by atoms with van der Waals surface area (Å²) in [5.74, 6) is 0.597. The van der Waals surface area contributed by atoms with Gasteiger partial charge in [-0.25, -0.2) is 0 Å². The van der Waals surface area contributed by atoms with Crippen molar-refractivity contribution < 1.29 is 9.90 Å². The molecular weight excluding hydrogens is 202 g/mol. The molecular formula is C13H25NO2. The van der Waals surface area contributed by atoms with Gasteiger partial charge in [0.05, 0.1) is 6.61 Å². The second kappa shape index (κ2) is 5.78. The number of rotatable bonds is 6. The first-order chi connectivity index (χ1) is 7.51. The van der Waals surface area contributed by atoms with E-state index in [4.69, 9.17) is 5.11 Å². The summed E-state index contributed by atoms with van der Waals surface area (Å²) >= 11 is 0. The van der Waals surface area contributed by atoms with Gasteiger partial charge >= 0.3 is 0 Å². The van der Waals surface area contributed by atoms with Crippen LogP contribution in [0, 0.1) is 11.3 Å². The molecule has 0 amide bonds. The Morgan fingerprint density at radius 1 is 1.44 bits per heavy atom. The molecule has 0 heterocycles. The zero-order chi connectivity index (χ0) is 12.2. The number of hydrogen-bond donors (Lipinski definition) is 1. The van der Waals surface area contributed by atoms with Crippen molar-refractivity contribution in [2.24, 2.45) is 11.3 Å². The summed E-state index contributed by atoms with van der Waals surface area (Å²) in [5.41, 5.74) is -0.123. The van der Waals surface area contributed by atoms with Crippen LogP contribution in [-0.4, -0.2) is 42.0 Å². The lowest BCUT2D eigenvalue weighted by molar-refractivity contribution is -0.128. The quantitative estimate of drug-likeness (QED) is 0.751. The molecule has 1 unspecified atom stereocenters. The zero-order valence-electron chi connectivity index (χ0n) is 10.8. The number of aliphatic hydroxyl groups excluding tert-OH is 1. The molecule has 1 aliphatic carbocycles. The van der Waals surface area contributed by atoms with Gasteiger partial charge in [0.15, 0.2) is 0 Å². The first kappa shape index (κ1) is 13.7. The summed E-state index contributed by atoms with van der Waals surface area (Å²) in [6.07, 6.45) is 3.09. The van der Waals surface area contributed by atoms with Crippen molar-refractivity contribution in [3.8, 4) is 0 Å². The van der Waals surface area contributed by atoms with Crippen LogP contribution in [0.5, 0.6) is 0 Å². The molecule has 1 saturated carbocycles. The van der Waals surface area contributed by atoms with Crippen LogP contribution in [0.25, 0.3) is 0 Å². The summed E-state index contributed by atoms with van der Waals surface area (Å²) in [6.45, 7) is 8.91. The molecule has 0 aromatic rings. The average Bonchev–Trinajstić information content (AvgIpc) is 2.46. The Morgan fingerprint density at radius 3 is 2.56 bits per heavy atom. The lowest BCUT2D eigenvalue weighted by atomic mass is 9.89. The van der Waals surface area contributed by atoms with E-state index in [0.29, 0.717) is 12.3 Å². The minimum Gasteiger partial charge on any atom is -0.395 e. The minimum absolute atomic E-state index is 0.123. The molecule has 0 spiro atoms. The standard InChI is InChI=1S/C13H25NO2/c1-4-7-14(8-9-15)10-11-5-6-13(2,3)12(11)16/h11,15H,4-10H2,1-3H3. The van der Waals surface area contributed by atoms with E-state index in [9.17, 15) is 4.79 Å². The normalized spacial score (nSPS) is 24.3. The molecule has 1 fully saturated rings. The van der Waals surface area contributed by atoms with E-state index in [1.165, 1.54) is 0 Å². The number of carbonyl (C=O) groups excluding carboxylic acids is 1. The van der Waals surface area contributed by atoms with Crippen molar-refractivity contribution in [2.75, 3.05) is 26.2 Å². The number of Topliss-reactive ketones (excluding diaryl/α,β-unsaturated/α-hetero) is 1. The summed E-state index contributed by atoms with van der Waals surface area (Å²) in [7, 11) is 0. The van der Waals surface area contributed by atoms with Crippen LogP contribution >= 0.6 is 0 Å². The van der Waals surface area contributed by atoms with Crippen molar-refractivity contribution in [3.63, 3.8) is 0 Å². The maximum absolute atomic E-state index is 12.1. The number of hydrogen-bond acceptors (Lipinski definition) is 3. The smallest absolute Gasteiger partial charge is 0.142 e. The van der Waals surface area contributed by atoms with E-state index in [1.54, 1.807) is 0 Å². The molecule has 94 valence electrons. The highest BCUT2D eigenvalue weighted by molar-refractivity contribution is 5.88. The van der Waals surface area contributed by atoms with E-state index in [0.717, 1.165) is 32.4 Å². The fourth-order valence-electron chi connectivity index (χ4n) is 2.58.